The molecule has 2 aliphatic carbocycles. The van der Waals surface area contributed by atoms with Gasteiger partial charge in [-0.05, 0) is 73.4 Å². The Hall–Kier alpha value is -4.03. The van der Waals surface area contributed by atoms with Gasteiger partial charge in [0, 0.05) is 44.3 Å². The fourth-order valence-electron chi connectivity index (χ4n) is 6.03. The number of hydrogen-bond donors (Lipinski definition) is 2. The van der Waals surface area contributed by atoms with Crippen LogP contribution in [0.4, 0.5) is 5.69 Å². The van der Waals surface area contributed by atoms with Gasteiger partial charge >= 0.3 is 0 Å². The Bertz CT molecular complexity index is 1500. The van der Waals surface area contributed by atoms with Crippen LogP contribution in [0.5, 0.6) is 0 Å². The maximum atomic E-state index is 13.5. The largest absolute Gasteiger partial charge is 0.322 e. The highest BCUT2D eigenvalue weighted by molar-refractivity contribution is 6.08. The molecule has 1 aromatic carbocycles. The molecule has 3 heterocycles. The van der Waals surface area contributed by atoms with Gasteiger partial charge < -0.3 is 19.6 Å². The second-order valence-electron chi connectivity index (χ2n) is 10.9. The Balaban J connectivity index is 1.24. The van der Waals surface area contributed by atoms with Gasteiger partial charge in [0.05, 0.1) is 17.0 Å². The summed E-state index contributed by atoms with van der Waals surface area (Å²) in [6, 6.07) is 12.2. The molecule has 38 heavy (non-hydrogen) atoms. The van der Waals surface area contributed by atoms with E-state index >= 15 is 0 Å². The number of nitrogens with one attached hydrogen (secondary N) is 2. The van der Waals surface area contributed by atoms with Crippen LogP contribution in [-0.2, 0) is 19.0 Å². The summed E-state index contributed by atoms with van der Waals surface area (Å²) >= 11 is 0. The number of aromatic nitrogens is 5. The number of carbonyl (C=O) groups is 1. The predicted octanol–water partition coefficient (Wildman–Crippen LogP) is 4.21. The van der Waals surface area contributed by atoms with Crippen LogP contribution < -0.4 is 10.6 Å². The molecule has 1 amide bonds. The number of benzene rings is 1. The summed E-state index contributed by atoms with van der Waals surface area (Å²) in [5.41, 5.74) is 3.69. The first-order valence-corrected chi connectivity index (χ1v) is 13.4. The summed E-state index contributed by atoms with van der Waals surface area (Å²) in [4.78, 5) is 18.0. The first kappa shape index (κ1) is 24.3. The van der Waals surface area contributed by atoms with Gasteiger partial charge in [-0.3, -0.25) is 4.79 Å². The number of aryl methyl sites for hydroxylation is 1. The van der Waals surface area contributed by atoms with Crippen LogP contribution in [0.2, 0.25) is 0 Å². The number of carbonyl (C=O) groups excluding carboxylic acids is 1. The summed E-state index contributed by atoms with van der Waals surface area (Å²) in [6.07, 6.45) is 13.5. The Labute approximate surface area is 221 Å². The third kappa shape index (κ3) is 4.45. The van der Waals surface area contributed by atoms with Crippen molar-refractivity contribution in [2.45, 2.75) is 50.5 Å². The van der Waals surface area contributed by atoms with Crippen molar-refractivity contribution in [3.8, 4) is 6.07 Å². The molecular formula is C29H32N8O. The highest BCUT2D eigenvalue weighted by atomic mass is 16.1. The normalized spacial score (nSPS) is 21.0. The van der Waals surface area contributed by atoms with Crippen molar-refractivity contribution in [2.24, 2.45) is 18.9 Å². The molecule has 0 saturated heterocycles. The molecule has 4 aromatic rings. The zero-order chi connectivity index (χ0) is 26.1. The van der Waals surface area contributed by atoms with Crippen LogP contribution in [0.15, 0.2) is 55.2 Å². The summed E-state index contributed by atoms with van der Waals surface area (Å²) in [7, 11) is 1.95. The molecule has 2 fully saturated rings. The van der Waals surface area contributed by atoms with E-state index in [1.165, 1.54) is 19.3 Å². The van der Waals surface area contributed by atoms with E-state index in [0.29, 0.717) is 30.1 Å². The summed E-state index contributed by atoms with van der Waals surface area (Å²) in [5.74, 6) is 1.79. The number of pyridine rings is 1. The van der Waals surface area contributed by atoms with E-state index in [1.54, 1.807) is 12.5 Å². The first-order valence-electron chi connectivity index (χ1n) is 13.4. The number of rotatable bonds is 9. The number of nitrogens with zero attached hydrogens (tertiary/aromatic N) is 6. The minimum Gasteiger partial charge on any atom is -0.322 e. The van der Waals surface area contributed by atoms with E-state index in [2.05, 4.69) is 38.0 Å². The second-order valence-corrected chi connectivity index (χ2v) is 10.9. The monoisotopic (exact) mass is 508 g/mol. The van der Waals surface area contributed by atoms with Crippen molar-refractivity contribution in [3.63, 3.8) is 0 Å². The number of amides is 1. The number of anilines is 1. The van der Waals surface area contributed by atoms with Crippen molar-refractivity contribution in [1.82, 2.24) is 29.5 Å². The SMILES string of the molecule is Cn1cnnc1C1(c2cccc(NC(=O)c3cc(CNCC4CCC4)cn4ccnc34)c2)CC(CC#N)C1. The van der Waals surface area contributed by atoms with Gasteiger partial charge in [0.2, 0.25) is 0 Å². The molecule has 2 N–H and O–H groups in total. The Morgan fingerprint density at radius 3 is 2.84 bits per heavy atom. The fourth-order valence-corrected chi connectivity index (χ4v) is 6.03. The Morgan fingerprint density at radius 1 is 1.24 bits per heavy atom. The number of imidazole rings is 1. The van der Waals surface area contributed by atoms with E-state index in [0.717, 1.165) is 47.9 Å². The number of fused-ring (bicyclic) bond motifs is 1. The van der Waals surface area contributed by atoms with Gasteiger partial charge in [-0.25, -0.2) is 4.98 Å². The third-order valence-corrected chi connectivity index (χ3v) is 8.24. The van der Waals surface area contributed by atoms with E-state index in [-0.39, 0.29) is 11.3 Å². The molecule has 2 aliphatic rings. The standard InChI is InChI=1S/C29H32N8O/c1-36-19-33-35-28(36)29(14-21(15-29)8-9-30)23-6-3-7-24(13-23)34-27(38)25-12-22(17-31-16-20-4-2-5-20)18-37-11-10-32-26(25)37/h3,6-7,10-13,18-21,31H,2,4-5,8,14-17H2,1H3,(H,34,38). The number of nitriles is 1. The van der Waals surface area contributed by atoms with Gasteiger partial charge in [0.1, 0.15) is 17.8 Å². The minimum atomic E-state index is -0.324. The molecule has 0 bridgehead atoms. The molecule has 9 heteroatoms. The first-order chi connectivity index (χ1) is 18.6. The van der Waals surface area contributed by atoms with Crippen LogP contribution in [0.1, 0.15) is 65.8 Å². The Kier molecular flexibility index (Phi) is 6.42. The van der Waals surface area contributed by atoms with Gasteiger partial charge in [-0.2, -0.15) is 5.26 Å². The maximum Gasteiger partial charge on any atom is 0.259 e. The highest BCUT2D eigenvalue weighted by Crippen LogP contribution is 2.53. The van der Waals surface area contributed by atoms with Gasteiger partial charge in [-0.15, -0.1) is 10.2 Å². The van der Waals surface area contributed by atoms with Crippen LogP contribution >= 0.6 is 0 Å². The van der Waals surface area contributed by atoms with Crippen molar-refractivity contribution < 1.29 is 4.79 Å². The molecular weight excluding hydrogens is 476 g/mol. The van der Waals surface area contributed by atoms with Crippen molar-refractivity contribution in [3.05, 3.63) is 77.8 Å². The molecule has 6 rings (SSSR count). The lowest BCUT2D eigenvalue weighted by atomic mass is 9.57. The molecule has 0 spiro atoms. The quantitative estimate of drug-likeness (QED) is 0.350. The van der Waals surface area contributed by atoms with E-state index in [9.17, 15) is 10.1 Å². The molecule has 0 aliphatic heterocycles. The smallest absolute Gasteiger partial charge is 0.259 e. The van der Waals surface area contributed by atoms with Crippen molar-refractivity contribution >= 4 is 17.2 Å². The van der Waals surface area contributed by atoms with Crippen LogP contribution in [0.25, 0.3) is 5.65 Å². The average molecular weight is 509 g/mol. The molecule has 3 aromatic heterocycles. The summed E-state index contributed by atoms with van der Waals surface area (Å²) in [6.45, 7) is 1.73. The van der Waals surface area contributed by atoms with Crippen LogP contribution in [0, 0.1) is 23.2 Å². The molecule has 9 nitrogen and oxygen atoms in total. The zero-order valence-electron chi connectivity index (χ0n) is 21.6. The molecule has 0 radical (unpaired) electrons. The third-order valence-electron chi connectivity index (χ3n) is 8.24. The van der Waals surface area contributed by atoms with Crippen LogP contribution in [-0.4, -0.2) is 36.6 Å². The van der Waals surface area contributed by atoms with Crippen molar-refractivity contribution in [1.29, 1.82) is 5.26 Å². The van der Waals surface area contributed by atoms with E-state index in [4.69, 9.17) is 0 Å². The minimum absolute atomic E-state index is 0.192. The average Bonchev–Trinajstić information content (AvgIpc) is 3.51. The zero-order valence-corrected chi connectivity index (χ0v) is 21.6. The molecule has 194 valence electrons. The topological polar surface area (TPSA) is 113 Å². The summed E-state index contributed by atoms with van der Waals surface area (Å²) < 4.78 is 3.87. The number of hydrogen-bond acceptors (Lipinski definition) is 6. The van der Waals surface area contributed by atoms with Gasteiger partial charge in [0.25, 0.3) is 5.91 Å². The lowest BCUT2D eigenvalue weighted by molar-refractivity contribution is 0.102. The fraction of sp³-hybridized carbons (Fsp3) is 0.414. The van der Waals surface area contributed by atoms with E-state index < -0.39 is 0 Å². The van der Waals surface area contributed by atoms with Crippen LogP contribution in [0.3, 0.4) is 0 Å². The molecule has 2 saturated carbocycles. The maximum absolute atomic E-state index is 13.5. The van der Waals surface area contributed by atoms with Gasteiger partial charge in [0.15, 0.2) is 0 Å². The van der Waals surface area contributed by atoms with Gasteiger partial charge in [-0.1, -0.05) is 18.6 Å². The van der Waals surface area contributed by atoms with Crippen molar-refractivity contribution in [2.75, 3.05) is 11.9 Å². The molecule has 0 unspecified atom stereocenters. The predicted molar refractivity (Wildman–Crippen MR) is 143 cm³/mol. The van der Waals surface area contributed by atoms with E-state index in [1.807, 2.05) is 52.7 Å². The molecule has 0 atom stereocenters. The highest BCUT2D eigenvalue weighted by Gasteiger charge is 2.49. The summed E-state index contributed by atoms with van der Waals surface area (Å²) in [5, 5.41) is 24.4. The lowest BCUT2D eigenvalue weighted by Gasteiger charge is -2.46. The lowest BCUT2D eigenvalue weighted by Crippen LogP contribution is -2.44. The Morgan fingerprint density at radius 2 is 2.11 bits per heavy atom. The second kappa shape index (κ2) is 10.0.